The minimum Gasteiger partial charge on any atom is -0.440 e. The molecule has 34 heavy (non-hydrogen) atoms. The molecule has 0 aliphatic carbocycles. The summed E-state index contributed by atoms with van der Waals surface area (Å²) in [6.45, 7) is 7.25. The van der Waals surface area contributed by atoms with Crippen LogP contribution in [0.5, 0.6) is 0 Å². The fourth-order valence-corrected chi connectivity index (χ4v) is 6.10. The standard InChI is InChI=1S/C29H27NO3S/c1-3-18(2)19-10-11-26-24(16-19)22-8-5-7-21(29(22)34-26)20-6-4-9-23-25(31)17-27(33-28(20)23)30-12-14-32-15-13-30/h4-11,16-18H,3,12-15H2,1-2H3. The SMILES string of the molecule is CCC(C)c1ccc2sc3c(-c4cccc5c(=O)cc(N6CCOCC6)oc45)cccc3c2c1. The first-order valence-electron chi connectivity index (χ1n) is 12.0. The number of benzene rings is 3. The van der Waals surface area contributed by atoms with Crippen molar-refractivity contribution in [3.63, 3.8) is 0 Å². The highest BCUT2D eigenvalue weighted by atomic mass is 32.1. The Bertz CT molecular complexity index is 1580. The molecule has 1 unspecified atom stereocenters. The second-order valence-electron chi connectivity index (χ2n) is 9.08. The maximum absolute atomic E-state index is 13.0. The van der Waals surface area contributed by atoms with Crippen molar-refractivity contribution < 1.29 is 9.15 Å². The first kappa shape index (κ1) is 21.4. The summed E-state index contributed by atoms with van der Waals surface area (Å²) >= 11 is 1.81. The fraction of sp³-hybridized carbons (Fsp3) is 0.276. The molecule has 1 saturated heterocycles. The number of fused-ring (bicyclic) bond motifs is 4. The van der Waals surface area contributed by atoms with Crippen molar-refractivity contribution in [2.24, 2.45) is 0 Å². The molecule has 6 rings (SSSR count). The summed E-state index contributed by atoms with van der Waals surface area (Å²) in [6, 6.07) is 20.8. The average Bonchev–Trinajstić information content (AvgIpc) is 3.26. The molecule has 1 atom stereocenters. The monoisotopic (exact) mass is 469 g/mol. The van der Waals surface area contributed by atoms with Gasteiger partial charge in [0.15, 0.2) is 11.3 Å². The second kappa shape index (κ2) is 8.57. The van der Waals surface area contributed by atoms with E-state index in [1.807, 2.05) is 23.5 Å². The van der Waals surface area contributed by atoms with Crippen molar-refractivity contribution >= 4 is 48.4 Å². The molecule has 3 heterocycles. The molecule has 5 aromatic rings. The van der Waals surface area contributed by atoms with E-state index < -0.39 is 0 Å². The number of ether oxygens (including phenoxy) is 1. The van der Waals surface area contributed by atoms with Crippen LogP contribution in [-0.4, -0.2) is 26.3 Å². The number of anilines is 1. The Labute approximate surface area is 202 Å². The molecule has 2 aromatic heterocycles. The summed E-state index contributed by atoms with van der Waals surface area (Å²) in [6.07, 6.45) is 1.12. The van der Waals surface area contributed by atoms with Gasteiger partial charge in [0.2, 0.25) is 0 Å². The maximum atomic E-state index is 13.0. The van der Waals surface area contributed by atoms with Crippen LogP contribution in [0.4, 0.5) is 5.88 Å². The van der Waals surface area contributed by atoms with Crippen LogP contribution in [0.2, 0.25) is 0 Å². The van der Waals surface area contributed by atoms with Crippen molar-refractivity contribution in [2.45, 2.75) is 26.2 Å². The molecular weight excluding hydrogens is 442 g/mol. The van der Waals surface area contributed by atoms with Gasteiger partial charge in [-0.25, -0.2) is 0 Å². The van der Waals surface area contributed by atoms with Crippen LogP contribution in [0.15, 0.2) is 69.9 Å². The highest BCUT2D eigenvalue weighted by molar-refractivity contribution is 7.26. The van der Waals surface area contributed by atoms with E-state index in [0.29, 0.717) is 36.0 Å². The average molecular weight is 470 g/mol. The van der Waals surface area contributed by atoms with E-state index in [9.17, 15) is 4.79 Å². The Hall–Kier alpha value is -3.15. The zero-order chi connectivity index (χ0) is 23.2. The minimum atomic E-state index is -0.00805. The summed E-state index contributed by atoms with van der Waals surface area (Å²) < 4.78 is 14.4. The van der Waals surface area contributed by atoms with Gasteiger partial charge in [-0.3, -0.25) is 4.79 Å². The molecule has 0 saturated carbocycles. The van der Waals surface area contributed by atoms with Crippen LogP contribution in [-0.2, 0) is 4.74 Å². The van der Waals surface area contributed by atoms with Gasteiger partial charge >= 0.3 is 0 Å². The maximum Gasteiger partial charge on any atom is 0.200 e. The number of para-hydroxylation sites is 1. The summed E-state index contributed by atoms with van der Waals surface area (Å²) in [5.74, 6) is 1.16. The van der Waals surface area contributed by atoms with Crippen molar-refractivity contribution in [3.05, 3.63) is 76.5 Å². The molecule has 0 radical (unpaired) electrons. The molecule has 1 aliphatic rings. The van der Waals surface area contributed by atoms with Crippen molar-refractivity contribution in [1.29, 1.82) is 0 Å². The van der Waals surface area contributed by atoms with Gasteiger partial charge in [-0.1, -0.05) is 50.2 Å². The summed E-state index contributed by atoms with van der Waals surface area (Å²) in [5.41, 5.74) is 4.10. The lowest BCUT2D eigenvalue weighted by Crippen LogP contribution is -2.36. The zero-order valence-electron chi connectivity index (χ0n) is 19.5. The third kappa shape index (κ3) is 3.51. The smallest absolute Gasteiger partial charge is 0.200 e. The van der Waals surface area contributed by atoms with Crippen molar-refractivity contribution in [1.82, 2.24) is 0 Å². The Morgan fingerprint density at radius 3 is 2.50 bits per heavy atom. The Morgan fingerprint density at radius 2 is 1.71 bits per heavy atom. The molecule has 0 amide bonds. The Kier molecular flexibility index (Phi) is 5.39. The van der Waals surface area contributed by atoms with Crippen LogP contribution in [0.1, 0.15) is 31.7 Å². The van der Waals surface area contributed by atoms with E-state index in [0.717, 1.165) is 30.6 Å². The van der Waals surface area contributed by atoms with Crippen molar-refractivity contribution in [2.75, 3.05) is 31.2 Å². The Balaban J connectivity index is 1.57. The van der Waals surface area contributed by atoms with Crippen LogP contribution in [0.3, 0.4) is 0 Å². The van der Waals surface area contributed by atoms with E-state index in [1.54, 1.807) is 6.07 Å². The molecule has 0 bridgehead atoms. The molecule has 1 fully saturated rings. The number of hydrogen-bond acceptors (Lipinski definition) is 5. The Morgan fingerprint density at radius 1 is 0.941 bits per heavy atom. The normalized spacial score (nSPS) is 15.4. The van der Waals surface area contributed by atoms with Crippen LogP contribution in [0.25, 0.3) is 42.3 Å². The minimum absolute atomic E-state index is 0.00805. The predicted molar refractivity (Wildman–Crippen MR) is 143 cm³/mol. The summed E-state index contributed by atoms with van der Waals surface area (Å²) in [7, 11) is 0. The first-order chi connectivity index (χ1) is 16.6. The number of nitrogens with zero attached hydrogens (tertiary/aromatic N) is 1. The third-order valence-electron chi connectivity index (χ3n) is 7.06. The number of morpholine rings is 1. The van der Waals surface area contributed by atoms with Crippen LogP contribution in [0, 0.1) is 0 Å². The van der Waals surface area contributed by atoms with E-state index >= 15 is 0 Å². The van der Waals surface area contributed by atoms with Gasteiger partial charge in [0.25, 0.3) is 0 Å². The molecule has 5 heteroatoms. The van der Waals surface area contributed by atoms with Gasteiger partial charge in [0.05, 0.1) is 18.6 Å². The quantitative estimate of drug-likeness (QED) is 0.280. The van der Waals surface area contributed by atoms with E-state index in [4.69, 9.17) is 9.15 Å². The van der Waals surface area contributed by atoms with Gasteiger partial charge in [-0.05, 0) is 36.1 Å². The molecule has 0 N–H and O–H groups in total. The van der Waals surface area contributed by atoms with Gasteiger partial charge in [0.1, 0.15) is 5.58 Å². The van der Waals surface area contributed by atoms with Crippen LogP contribution < -0.4 is 10.3 Å². The highest BCUT2D eigenvalue weighted by Gasteiger charge is 2.19. The second-order valence-corrected chi connectivity index (χ2v) is 10.1. The third-order valence-corrected chi connectivity index (χ3v) is 8.28. The molecule has 172 valence electrons. The van der Waals surface area contributed by atoms with Crippen molar-refractivity contribution in [3.8, 4) is 11.1 Å². The largest absolute Gasteiger partial charge is 0.440 e. The lowest BCUT2D eigenvalue weighted by molar-refractivity contribution is 0.121. The predicted octanol–water partition coefficient (Wildman–Crippen LogP) is 7.18. The van der Waals surface area contributed by atoms with Gasteiger partial charge in [-0.2, -0.15) is 0 Å². The molecule has 4 nitrogen and oxygen atoms in total. The van der Waals surface area contributed by atoms with Gasteiger partial charge in [-0.15, -0.1) is 11.3 Å². The van der Waals surface area contributed by atoms with Crippen LogP contribution >= 0.6 is 11.3 Å². The fourth-order valence-electron chi connectivity index (χ4n) is 4.89. The number of thiophene rings is 1. The van der Waals surface area contributed by atoms with Gasteiger partial charge < -0.3 is 14.1 Å². The molecular formula is C29H27NO3S. The lowest BCUT2D eigenvalue weighted by atomic mass is 9.96. The van der Waals surface area contributed by atoms with Gasteiger partial charge in [0, 0.05) is 50.5 Å². The summed E-state index contributed by atoms with van der Waals surface area (Å²) in [5, 5.41) is 3.17. The molecule has 0 spiro atoms. The first-order valence-corrected chi connectivity index (χ1v) is 12.8. The lowest BCUT2D eigenvalue weighted by Gasteiger charge is -2.27. The zero-order valence-corrected chi connectivity index (χ0v) is 20.3. The number of rotatable bonds is 4. The molecule has 3 aromatic carbocycles. The summed E-state index contributed by atoms with van der Waals surface area (Å²) in [4.78, 5) is 15.1. The topological polar surface area (TPSA) is 42.7 Å². The van der Waals surface area contributed by atoms with E-state index in [-0.39, 0.29) is 5.43 Å². The molecule has 1 aliphatic heterocycles. The highest BCUT2D eigenvalue weighted by Crippen LogP contribution is 2.42. The van der Waals surface area contributed by atoms with E-state index in [1.165, 1.54) is 25.7 Å². The number of hydrogen-bond donors (Lipinski definition) is 0. The van der Waals surface area contributed by atoms with E-state index in [2.05, 4.69) is 61.2 Å².